The van der Waals surface area contributed by atoms with Gasteiger partial charge in [-0.25, -0.2) is 4.79 Å². The molecule has 0 aliphatic heterocycles. The standard InChI is InChI=1S/C16H22N4O2S/c1-11-3-5-13(6-4-11)9-14-19-20-16(23-14)18-15(22)17-10-12(2)7-8-21/h3-6,12,21H,7-10H2,1-2H3,(H2,17,18,20,22). The molecule has 0 aliphatic carbocycles. The Kier molecular flexibility index (Phi) is 6.49. The van der Waals surface area contributed by atoms with Crippen molar-refractivity contribution in [2.45, 2.75) is 26.7 Å². The van der Waals surface area contributed by atoms with Gasteiger partial charge in [0.15, 0.2) is 0 Å². The van der Waals surface area contributed by atoms with Crippen LogP contribution >= 0.6 is 11.3 Å². The van der Waals surface area contributed by atoms with Gasteiger partial charge in [0, 0.05) is 19.6 Å². The van der Waals surface area contributed by atoms with E-state index in [2.05, 4.69) is 52.0 Å². The molecule has 6 nitrogen and oxygen atoms in total. The molecule has 0 aliphatic rings. The van der Waals surface area contributed by atoms with Crippen molar-refractivity contribution in [3.63, 3.8) is 0 Å². The molecule has 3 N–H and O–H groups in total. The molecular weight excluding hydrogens is 312 g/mol. The van der Waals surface area contributed by atoms with E-state index in [1.165, 1.54) is 22.5 Å². The Morgan fingerprint density at radius 2 is 2.04 bits per heavy atom. The van der Waals surface area contributed by atoms with Gasteiger partial charge in [0.05, 0.1) is 0 Å². The molecule has 23 heavy (non-hydrogen) atoms. The highest BCUT2D eigenvalue weighted by Gasteiger charge is 2.09. The number of benzene rings is 1. The van der Waals surface area contributed by atoms with Crippen LogP contribution in [0.4, 0.5) is 9.93 Å². The van der Waals surface area contributed by atoms with Crippen molar-refractivity contribution in [3.8, 4) is 0 Å². The third-order valence-electron chi connectivity index (χ3n) is 3.40. The van der Waals surface area contributed by atoms with Crippen LogP contribution in [0.2, 0.25) is 0 Å². The topological polar surface area (TPSA) is 87.1 Å². The van der Waals surface area contributed by atoms with Crippen molar-refractivity contribution in [1.29, 1.82) is 0 Å². The summed E-state index contributed by atoms with van der Waals surface area (Å²) in [5, 5.41) is 23.7. The average Bonchev–Trinajstić information content (AvgIpc) is 2.95. The molecule has 1 unspecified atom stereocenters. The average molecular weight is 334 g/mol. The van der Waals surface area contributed by atoms with Crippen LogP contribution in [0.15, 0.2) is 24.3 Å². The van der Waals surface area contributed by atoms with Crippen LogP contribution in [-0.4, -0.2) is 34.5 Å². The van der Waals surface area contributed by atoms with Crippen LogP contribution in [0.1, 0.15) is 29.5 Å². The fourth-order valence-corrected chi connectivity index (χ4v) is 2.76. The van der Waals surface area contributed by atoms with Gasteiger partial charge in [-0.05, 0) is 24.8 Å². The van der Waals surface area contributed by atoms with Crippen molar-refractivity contribution in [2.75, 3.05) is 18.5 Å². The third-order valence-corrected chi connectivity index (χ3v) is 4.23. The van der Waals surface area contributed by atoms with E-state index in [0.29, 0.717) is 24.5 Å². The first-order valence-electron chi connectivity index (χ1n) is 7.60. The van der Waals surface area contributed by atoms with Gasteiger partial charge in [-0.15, -0.1) is 10.2 Å². The summed E-state index contributed by atoms with van der Waals surface area (Å²) in [6.07, 6.45) is 1.37. The molecule has 7 heteroatoms. The minimum Gasteiger partial charge on any atom is -0.396 e. The number of carbonyl (C=O) groups is 1. The molecular formula is C16H22N4O2S. The lowest BCUT2D eigenvalue weighted by Gasteiger charge is -2.10. The van der Waals surface area contributed by atoms with Crippen molar-refractivity contribution >= 4 is 22.5 Å². The summed E-state index contributed by atoms with van der Waals surface area (Å²) in [6, 6.07) is 7.97. The highest BCUT2D eigenvalue weighted by atomic mass is 32.1. The molecule has 0 saturated heterocycles. The highest BCUT2D eigenvalue weighted by Crippen LogP contribution is 2.18. The van der Waals surface area contributed by atoms with Crippen LogP contribution in [0, 0.1) is 12.8 Å². The molecule has 124 valence electrons. The van der Waals surface area contributed by atoms with E-state index in [0.717, 1.165) is 5.01 Å². The summed E-state index contributed by atoms with van der Waals surface area (Å²) in [7, 11) is 0. The van der Waals surface area contributed by atoms with E-state index < -0.39 is 0 Å². The number of rotatable bonds is 7. The number of amides is 2. The molecule has 0 radical (unpaired) electrons. The van der Waals surface area contributed by atoms with Gasteiger partial charge in [0.25, 0.3) is 0 Å². The second kappa shape index (κ2) is 8.59. The largest absolute Gasteiger partial charge is 0.396 e. The van der Waals surface area contributed by atoms with Gasteiger partial charge < -0.3 is 10.4 Å². The summed E-state index contributed by atoms with van der Waals surface area (Å²) in [5.74, 6) is 0.234. The Balaban J connectivity index is 1.82. The highest BCUT2D eigenvalue weighted by molar-refractivity contribution is 7.15. The number of hydrogen-bond acceptors (Lipinski definition) is 5. The van der Waals surface area contributed by atoms with Crippen LogP contribution in [0.25, 0.3) is 0 Å². The lowest BCUT2D eigenvalue weighted by atomic mass is 10.1. The van der Waals surface area contributed by atoms with Crippen molar-refractivity contribution in [1.82, 2.24) is 15.5 Å². The zero-order valence-corrected chi connectivity index (χ0v) is 14.2. The van der Waals surface area contributed by atoms with Crippen molar-refractivity contribution < 1.29 is 9.90 Å². The Hall–Kier alpha value is -1.99. The molecule has 1 atom stereocenters. The maximum atomic E-state index is 11.8. The predicted molar refractivity (Wildman–Crippen MR) is 91.8 cm³/mol. The van der Waals surface area contributed by atoms with E-state index in [4.69, 9.17) is 5.11 Å². The minimum absolute atomic E-state index is 0.128. The quantitative estimate of drug-likeness (QED) is 0.726. The Morgan fingerprint density at radius 1 is 1.30 bits per heavy atom. The third kappa shape index (κ3) is 5.96. The Labute approximate surface area is 140 Å². The fraction of sp³-hybridized carbons (Fsp3) is 0.438. The van der Waals surface area contributed by atoms with Crippen LogP contribution in [0.3, 0.4) is 0 Å². The number of carbonyl (C=O) groups excluding carboxylic acids is 1. The normalized spacial score (nSPS) is 12.0. The monoisotopic (exact) mass is 334 g/mol. The Bertz CT molecular complexity index is 627. The summed E-state index contributed by atoms with van der Waals surface area (Å²) in [5.41, 5.74) is 2.39. The number of anilines is 1. The van der Waals surface area contributed by atoms with Gasteiger partial charge in [0.2, 0.25) is 5.13 Å². The first kappa shape index (κ1) is 17.4. The number of aliphatic hydroxyl groups is 1. The lowest BCUT2D eigenvalue weighted by molar-refractivity contribution is 0.243. The van der Waals surface area contributed by atoms with Crippen molar-refractivity contribution in [3.05, 3.63) is 40.4 Å². The summed E-state index contributed by atoms with van der Waals surface area (Å²) < 4.78 is 0. The maximum absolute atomic E-state index is 11.8. The van der Waals surface area contributed by atoms with Crippen LogP contribution in [-0.2, 0) is 6.42 Å². The Morgan fingerprint density at radius 3 is 2.74 bits per heavy atom. The molecule has 2 aromatic rings. The molecule has 2 rings (SSSR count). The fourth-order valence-electron chi connectivity index (χ4n) is 1.99. The number of urea groups is 1. The van der Waals surface area contributed by atoms with E-state index >= 15 is 0 Å². The van der Waals surface area contributed by atoms with Gasteiger partial charge in [-0.3, -0.25) is 5.32 Å². The SMILES string of the molecule is Cc1ccc(Cc2nnc(NC(=O)NCC(C)CCO)s2)cc1. The number of hydrogen-bond donors (Lipinski definition) is 3. The molecule has 2 amide bonds. The number of nitrogens with zero attached hydrogens (tertiary/aromatic N) is 2. The summed E-state index contributed by atoms with van der Waals surface area (Å²) in [4.78, 5) is 11.8. The number of aliphatic hydroxyl groups excluding tert-OH is 1. The van der Waals surface area contributed by atoms with Gasteiger partial charge in [-0.2, -0.15) is 0 Å². The van der Waals surface area contributed by atoms with Gasteiger partial charge in [-0.1, -0.05) is 48.1 Å². The molecule has 0 bridgehead atoms. The second-order valence-corrected chi connectivity index (χ2v) is 6.68. The van der Waals surface area contributed by atoms with E-state index in [1.807, 2.05) is 6.92 Å². The van der Waals surface area contributed by atoms with Crippen LogP contribution < -0.4 is 10.6 Å². The lowest BCUT2D eigenvalue weighted by Crippen LogP contribution is -2.32. The number of aryl methyl sites for hydroxylation is 1. The number of aromatic nitrogens is 2. The smallest absolute Gasteiger partial charge is 0.321 e. The predicted octanol–water partition coefficient (Wildman–Crippen LogP) is 2.58. The molecule has 1 aromatic heterocycles. The molecule has 0 saturated carbocycles. The first-order chi connectivity index (χ1) is 11.1. The van der Waals surface area contributed by atoms with E-state index in [1.54, 1.807) is 0 Å². The van der Waals surface area contributed by atoms with Crippen LogP contribution in [0.5, 0.6) is 0 Å². The molecule has 1 aromatic carbocycles. The van der Waals surface area contributed by atoms with Gasteiger partial charge in [0.1, 0.15) is 5.01 Å². The molecule has 0 spiro atoms. The van der Waals surface area contributed by atoms with E-state index in [-0.39, 0.29) is 18.6 Å². The van der Waals surface area contributed by atoms with E-state index in [9.17, 15) is 4.79 Å². The minimum atomic E-state index is -0.298. The zero-order chi connectivity index (χ0) is 16.7. The second-order valence-electron chi connectivity index (χ2n) is 5.62. The molecule has 0 fully saturated rings. The summed E-state index contributed by atoms with van der Waals surface area (Å²) >= 11 is 1.37. The summed E-state index contributed by atoms with van der Waals surface area (Å²) in [6.45, 7) is 4.67. The van der Waals surface area contributed by atoms with Gasteiger partial charge >= 0.3 is 6.03 Å². The first-order valence-corrected chi connectivity index (χ1v) is 8.42. The molecule has 1 heterocycles. The zero-order valence-electron chi connectivity index (χ0n) is 13.4. The number of nitrogens with one attached hydrogen (secondary N) is 2. The maximum Gasteiger partial charge on any atom is 0.321 e. The van der Waals surface area contributed by atoms with Crippen molar-refractivity contribution in [2.24, 2.45) is 5.92 Å².